The number of amides is 1. The summed E-state index contributed by atoms with van der Waals surface area (Å²) in [5.41, 5.74) is 6.18. The van der Waals surface area contributed by atoms with Gasteiger partial charge in [-0.2, -0.15) is 0 Å². The molecule has 10 nitrogen and oxygen atoms in total. The molecule has 3 aliphatic rings. The third kappa shape index (κ3) is 4.95. The molecule has 0 saturated carbocycles. The molecule has 3 aliphatic carbocycles. The predicted octanol–water partition coefficient (Wildman–Crippen LogP) is 3.46. The molecule has 240 valence electrons. The standard InChI is InChI=1S/C35H43N3O7/c1-16-9-17(15-37(5)6)11-18(10-16)20-14-23(34(2,3)4)28(39)25-21(20)12-19-13-22-27(38(7)8)30(41)26(33(36)44)32(43)35(22,45)31(42)24(19)29(25)40/h9-11,14,19,22,27,39,41-42,45H,12-13,15H2,1-8H3,(H2,36,44)/t19-,22-,27-,35-/m0/s1. The number of nitrogens with two attached hydrogens (primary N) is 1. The molecule has 10 heteroatoms. The molecule has 0 fully saturated rings. The fourth-order valence-electron chi connectivity index (χ4n) is 7.62. The lowest BCUT2D eigenvalue weighted by Crippen LogP contribution is -2.63. The van der Waals surface area contributed by atoms with Crippen LogP contribution in [0.25, 0.3) is 11.1 Å². The number of aromatic hydroxyl groups is 1. The van der Waals surface area contributed by atoms with E-state index in [-0.39, 0.29) is 29.7 Å². The molecule has 0 bridgehead atoms. The number of benzene rings is 2. The van der Waals surface area contributed by atoms with E-state index in [9.17, 15) is 34.8 Å². The normalized spacial score (nSPS) is 25.1. The Morgan fingerprint density at radius 1 is 1.04 bits per heavy atom. The van der Waals surface area contributed by atoms with Gasteiger partial charge in [0, 0.05) is 23.6 Å². The van der Waals surface area contributed by atoms with Crippen LogP contribution >= 0.6 is 0 Å². The van der Waals surface area contributed by atoms with Crippen molar-refractivity contribution in [2.75, 3.05) is 28.2 Å². The number of phenolic OH excluding ortho intramolecular Hbond substituents is 1. The number of primary amides is 1. The minimum absolute atomic E-state index is 0.0221. The SMILES string of the molecule is Cc1cc(CN(C)C)cc(-c2cc(C(C)(C)C)c(O)c3c2C[C@H]2C[C@H]4[C@H](N(C)C)C(O)=C(C(N)=O)C(=O)[C@@]4(O)C(O)=C2C3=O)c1. The summed E-state index contributed by atoms with van der Waals surface area (Å²) >= 11 is 0. The molecule has 0 saturated heterocycles. The van der Waals surface area contributed by atoms with Gasteiger partial charge < -0.3 is 31.1 Å². The molecule has 0 aromatic heterocycles. The largest absolute Gasteiger partial charge is 0.510 e. The average Bonchev–Trinajstić information content (AvgIpc) is 2.89. The van der Waals surface area contributed by atoms with E-state index < -0.39 is 63.5 Å². The second-order valence-electron chi connectivity index (χ2n) is 14.3. The number of aliphatic hydroxyl groups excluding tert-OH is 2. The summed E-state index contributed by atoms with van der Waals surface area (Å²) in [6.45, 7) is 8.50. The first-order chi connectivity index (χ1) is 20.8. The molecule has 0 spiro atoms. The highest BCUT2D eigenvalue weighted by Gasteiger charge is 2.63. The lowest BCUT2D eigenvalue weighted by Gasteiger charge is -2.50. The maximum Gasteiger partial charge on any atom is 0.255 e. The van der Waals surface area contributed by atoms with Crippen LogP contribution in [-0.2, 0) is 28.0 Å². The molecular formula is C35H43N3O7. The number of phenols is 1. The molecule has 6 N–H and O–H groups in total. The van der Waals surface area contributed by atoms with E-state index in [2.05, 4.69) is 17.0 Å². The smallest absolute Gasteiger partial charge is 0.255 e. The van der Waals surface area contributed by atoms with Gasteiger partial charge in [0.1, 0.15) is 22.8 Å². The predicted molar refractivity (Wildman–Crippen MR) is 170 cm³/mol. The second-order valence-corrected chi connectivity index (χ2v) is 14.3. The van der Waals surface area contributed by atoms with Crippen molar-refractivity contribution in [1.82, 2.24) is 9.80 Å². The van der Waals surface area contributed by atoms with Crippen LogP contribution < -0.4 is 5.73 Å². The van der Waals surface area contributed by atoms with Crippen molar-refractivity contribution in [3.8, 4) is 16.9 Å². The maximum atomic E-state index is 14.5. The Kier molecular flexibility index (Phi) is 7.79. The number of allylic oxidation sites excluding steroid dienone is 1. The average molecular weight is 618 g/mol. The number of hydrogen-bond acceptors (Lipinski definition) is 9. The highest BCUT2D eigenvalue weighted by atomic mass is 16.3. The van der Waals surface area contributed by atoms with E-state index in [4.69, 9.17) is 5.73 Å². The van der Waals surface area contributed by atoms with E-state index in [0.717, 1.165) is 22.3 Å². The summed E-state index contributed by atoms with van der Waals surface area (Å²) in [7, 11) is 7.20. The summed E-state index contributed by atoms with van der Waals surface area (Å²) in [5, 5.41) is 46.4. The Morgan fingerprint density at radius 2 is 1.69 bits per heavy atom. The molecule has 0 radical (unpaired) electrons. The van der Waals surface area contributed by atoms with Crippen molar-refractivity contribution < 1.29 is 34.8 Å². The summed E-state index contributed by atoms with van der Waals surface area (Å²) in [6.07, 6.45) is 0.255. The Labute approximate surface area is 263 Å². The first-order valence-electron chi connectivity index (χ1n) is 15.1. The highest BCUT2D eigenvalue weighted by Crippen LogP contribution is 2.54. The third-order valence-electron chi connectivity index (χ3n) is 9.48. The van der Waals surface area contributed by atoms with Gasteiger partial charge in [-0.15, -0.1) is 0 Å². The van der Waals surface area contributed by atoms with Crippen LogP contribution in [0.1, 0.15) is 59.8 Å². The van der Waals surface area contributed by atoms with Gasteiger partial charge >= 0.3 is 0 Å². The van der Waals surface area contributed by atoms with Crippen LogP contribution in [0.15, 0.2) is 46.9 Å². The monoisotopic (exact) mass is 617 g/mol. The number of Topliss-reactive ketones (excluding diaryl/α,β-unsaturated/α-hetero) is 2. The lowest BCUT2D eigenvalue weighted by atomic mass is 9.58. The van der Waals surface area contributed by atoms with Gasteiger partial charge in [0.05, 0.1) is 11.6 Å². The van der Waals surface area contributed by atoms with Gasteiger partial charge in [-0.25, -0.2) is 0 Å². The van der Waals surface area contributed by atoms with Crippen molar-refractivity contribution >= 4 is 17.5 Å². The molecule has 1 amide bonds. The number of carbonyl (C=O) groups excluding carboxylic acids is 3. The van der Waals surface area contributed by atoms with Crippen molar-refractivity contribution in [1.29, 1.82) is 0 Å². The molecule has 45 heavy (non-hydrogen) atoms. The fraction of sp³-hybridized carbons (Fsp3) is 0.457. The fourth-order valence-corrected chi connectivity index (χ4v) is 7.62. The van der Waals surface area contributed by atoms with Gasteiger partial charge in [-0.3, -0.25) is 19.3 Å². The quantitative estimate of drug-likeness (QED) is 0.316. The topological polar surface area (TPSA) is 165 Å². The van der Waals surface area contributed by atoms with Crippen molar-refractivity contribution in [3.63, 3.8) is 0 Å². The summed E-state index contributed by atoms with van der Waals surface area (Å²) in [5.74, 6) is -6.59. The first kappa shape index (κ1) is 32.4. The van der Waals surface area contributed by atoms with Crippen LogP contribution in [0.4, 0.5) is 0 Å². The summed E-state index contributed by atoms with van der Waals surface area (Å²) in [4.78, 5) is 44.0. The van der Waals surface area contributed by atoms with E-state index in [1.165, 1.54) is 0 Å². The number of carbonyl (C=O) groups is 3. The van der Waals surface area contributed by atoms with Crippen LogP contribution in [0.5, 0.6) is 5.75 Å². The zero-order chi connectivity index (χ0) is 33.5. The highest BCUT2D eigenvalue weighted by molar-refractivity contribution is 6.25. The minimum Gasteiger partial charge on any atom is -0.510 e. The van der Waals surface area contributed by atoms with Gasteiger partial charge in [0.15, 0.2) is 11.4 Å². The maximum absolute atomic E-state index is 14.5. The van der Waals surface area contributed by atoms with Crippen LogP contribution in [0, 0.1) is 18.8 Å². The van der Waals surface area contributed by atoms with Crippen molar-refractivity contribution in [2.24, 2.45) is 17.6 Å². The number of likely N-dealkylation sites (N-methyl/N-ethyl adjacent to an activating group) is 1. The zero-order valence-corrected chi connectivity index (χ0v) is 27.1. The van der Waals surface area contributed by atoms with Crippen molar-refractivity contribution in [2.45, 2.75) is 64.1 Å². The van der Waals surface area contributed by atoms with E-state index in [1.807, 2.05) is 53.9 Å². The number of nitrogens with zero attached hydrogens (tertiary/aromatic N) is 2. The molecule has 2 aromatic rings. The minimum atomic E-state index is -2.68. The Balaban J connectivity index is 1.79. The van der Waals surface area contributed by atoms with Crippen LogP contribution in [-0.4, -0.2) is 87.5 Å². The van der Waals surface area contributed by atoms with Gasteiger partial charge in [0.2, 0.25) is 5.78 Å². The molecule has 0 heterocycles. The molecule has 2 aromatic carbocycles. The van der Waals surface area contributed by atoms with Gasteiger partial charge in [-0.1, -0.05) is 38.5 Å². The number of ketones is 2. The zero-order valence-electron chi connectivity index (χ0n) is 27.1. The Bertz CT molecular complexity index is 1710. The summed E-state index contributed by atoms with van der Waals surface area (Å²) < 4.78 is 0. The second kappa shape index (κ2) is 10.8. The van der Waals surface area contributed by atoms with Gasteiger partial charge in [-0.05, 0) is 93.7 Å². The van der Waals surface area contributed by atoms with Crippen molar-refractivity contribution in [3.05, 3.63) is 74.7 Å². The van der Waals surface area contributed by atoms with E-state index in [0.29, 0.717) is 17.7 Å². The molecule has 0 unspecified atom stereocenters. The lowest BCUT2D eigenvalue weighted by molar-refractivity contribution is -0.148. The first-order valence-corrected chi connectivity index (χ1v) is 15.1. The van der Waals surface area contributed by atoms with E-state index in [1.54, 1.807) is 19.0 Å². The molecule has 0 aliphatic heterocycles. The summed E-state index contributed by atoms with van der Waals surface area (Å²) in [6, 6.07) is 7.12. The number of fused-ring (bicyclic) bond motifs is 3. The molecular weight excluding hydrogens is 574 g/mol. The Hall–Kier alpha value is -3.99. The molecule has 5 rings (SSSR count). The molecule has 4 atom stereocenters. The Morgan fingerprint density at radius 3 is 2.24 bits per heavy atom. The van der Waals surface area contributed by atoms with E-state index >= 15 is 0 Å². The number of hydrogen-bond donors (Lipinski definition) is 5. The van der Waals surface area contributed by atoms with Crippen LogP contribution in [0.3, 0.4) is 0 Å². The number of aryl methyl sites for hydroxylation is 1. The number of rotatable bonds is 5. The number of aliphatic hydroxyl groups is 3. The third-order valence-corrected chi connectivity index (χ3v) is 9.48. The van der Waals surface area contributed by atoms with Gasteiger partial charge in [0.25, 0.3) is 5.91 Å². The van der Waals surface area contributed by atoms with Crippen LogP contribution in [0.2, 0.25) is 0 Å².